The van der Waals surface area contributed by atoms with Crippen LogP contribution < -0.4 is 14.8 Å². The molecule has 0 saturated heterocycles. The van der Waals surface area contributed by atoms with E-state index < -0.39 is 0 Å². The van der Waals surface area contributed by atoms with Crippen molar-refractivity contribution in [2.75, 3.05) is 20.3 Å². The Morgan fingerprint density at radius 3 is 2.44 bits per heavy atom. The Labute approximate surface area is 165 Å². The molecule has 4 fully saturated rings. The summed E-state index contributed by atoms with van der Waals surface area (Å²) in [5.74, 6) is 3.10. The monoisotopic (exact) mass is 388 g/mol. The number of carbonyl (C=O) groups is 1. The zero-order valence-corrected chi connectivity index (χ0v) is 16.3. The van der Waals surface area contributed by atoms with Gasteiger partial charge in [0.2, 0.25) is 0 Å². The van der Waals surface area contributed by atoms with Gasteiger partial charge >= 0.3 is 0 Å². The summed E-state index contributed by atoms with van der Waals surface area (Å²) in [5, 5.41) is 12.4. The summed E-state index contributed by atoms with van der Waals surface area (Å²) in [6.45, 7) is 0.630. The molecule has 1 aromatic rings. The molecule has 1 amide bonds. The van der Waals surface area contributed by atoms with Crippen LogP contribution in [-0.4, -0.2) is 26.2 Å². The van der Waals surface area contributed by atoms with Gasteiger partial charge in [-0.05, 0) is 67.8 Å². The first-order chi connectivity index (χ1) is 13.0. The second-order valence-corrected chi connectivity index (χ2v) is 8.99. The number of nitrogens with one attached hydrogen (secondary N) is 1. The van der Waals surface area contributed by atoms with Gasteiger partial charge in [0.1, 0.15) is 0 Å². The van der Waals surface area contributed by atoms with E-state index in [-0.39, 0.29) is 17.5 Å². The molecule has 0 radical (unpaired) electrons. The van der Waals surface area contributed by atoms with Crippen LogP contribution in [0, 0.1) is 34.5 Å². The van der Waals surface area contributed by atoms with E-state index in [2.05, 4.69) is 5.32 Å². The number of carbonyl (C=O) groups excluding carboxylic acids is 1. The number of nitriles is 1. The summed E-state index contributed by atoms with van der Waals surface area (Å²) in [4.78, 5) is 12.4. The molecular formula is C21H25ClN2O3. The smallest absolute Gasteiger partial charge is 0.257 e. The van der Waals surface area contributed by atoms with E-state index in [4.69, 9.17) is 26.3 Å². The lowest BCUT2D eigenvalue weighted by atomic mass is 9.49. The first-order valence-electron chi connectivity index (χ1n) is 9.67. The average Bonchev–Trinajstić information content (AvgIpc) is 2.63. The maximum Gasteiger partial charge on any atom is 0.257 e. The number of hydrogen-bond donors (Lipinski definition) is 1. The van der Waals surface area contributed by atoms with Crippen LogP contribution in [0.25, 0.3) is 0 Å². The quantitative estimate of drug-likeness (QED) is 0.801. The predicted octanol–water partition coefficient (Wildman–Crippen LogP) is 3.93. The van der Waals surface area contributed by atoms with E-state index in [0.29, 0.717) is 22.5 Å². The number of rotatable bonds is 6. The Balaban J connectivity index is 1.34. The summed E-state index contributed by atoms with van der Waals surface area (Å²) in [5.41, 5.74) is 0.684. The molecule has 144 valence electrons. The zero-order chi connectivity index (χ0) is 19.0. The summed E-state index contributed by atoms with van der Waals surface area (Å²) in [6, 6.07) is 5.08. The topological polar surface area (TPSA) is 71.3 Å². The third kappa shape index (κ3) is 3.73. The van der Waals surface area contributed by atoms with E-state index >= 15 is 0 Å². The molecule has 27 heavy (non-hydrogen) atoms. The largest absolute Gasteiger partial charge is 0.493 e. The lowest BCUT2D eigenvalue weighted by Crippen LogP contribution is -2.51. The van der Waals surface area contributed by atoms with E-state index in [1.165, 1.54) is 51.7 Å². The van der Waals surface area contributed by atoms with E-state index in [1.807, 2.05) is 6.07 Å². The van der Waals surface area contributed by atoms with Crippen LogP contribution in [0.15, 0.2) is 12.1 Å². The summed E-state index contributed by atoms with van der Waals surface area (Å²) in [6.07, 6.45) is 7.97. The van der Waals surface area contributed by atoms with Crippen molar-refractivity contribution < 1.29 is 14.3 Å². The van der Waals surface area contributed by atoms with Crippen molar-refractivity contribution in [1.29, 1.82) is 5.26 Å². The highest BCUT2D eigenvalue weighted by Gasteiger charge is 2.50. The summed E-state index contributed by atoms with van der Waals surface area (Å²) < 4.78 is 10.8. The van der Waals surface area contributed by atoms with Gasteiger partial charge in [-0.15, -0.1) is 0 Å². The van der Waals surface area contributed by atoms with Crippen LogP contribution in [0.1, 0.15) is 44.1 Å². The van der Waals surface area contributed by atoms with Crippen molar-refractivity contribution in [3.63, 3.8) is 0 Å². The fourth-order valence-corrected chi connectivity index (χ4v) is 6.17. The van der Waals surface area contributed by atoms with Gasteiger partial charge in [-0.25, -0.2) is 0 Å². The lowest BCUT2D eigenvalue weighted by molar-refractivity contribution is -0.125. The normalized spacial score (nSPS) is 30.6. The number of halogens is 1. The summed E-state index contributed by atoms with van der Waals surface area (Å²) >= 11 is 6.18. The van der Waals surface area contributed by atoms with Crippen molar-refractivity contribution in [2.45, 2.75) is 38.5 Å². The highest BCUT2D eigenvalue weighted by molar-refractivity contribution is 6.32. The molecule has 4 aliphatic rings. The molecule has 1 N–H and O–H groups in total. The number of benzene rings is 1. The minimum atomic E-state index is -0.145. The van der Waals surface area contributed by atoms with Gasteiger partial charge in [0.15, 0.2) is 18.1 Å². The van der Waals surface area contributed by atoms with Crippen LogP contribution in [0.5, 0.6) is 11.5 Å². The first kappa shape index (κ1) is 18.4. The molecule has 0 aliphatic heterocycles. The number of nitrogens with zero attached hydrogens (tertiary/aromatic N) is 1. The van der Waals surface area contributed by atoms with Crippen LogP contribution >= 0.6 is 11.6 Å². The second-order valence-electron chi connectivity index (χ2n) is 8.58. The molecule has 4 aliphatic carbocycles. The first-order valence-corrected chi connectivity index (χ1v) is 10.1. The Kier molecular flexibility index (Phi) is 4.94. The van der Waals surface area contributed by atoms with Crippen LogP contribution in [0.3, 0.4) is 0 Å². The van der Waals surface area contributed by atoms with Crippen LogP contribution in [-0.2, 0) is 4.79 Å². The van der Waals surface area contributed by atoms with E-state index in [1.54, 1.807) is 6.07 Å². The molecular weight excluding hydrogens is 364 g/mol. The molecule has 5 rings (SSSR count). The minimum absolute atomic E-state index is 0.117. The van der Waals surface area contributed by atoms with Crippen molar-refractivity contribution in [3.8, 4) is 17.6 Å². The fourth-order valence-electron chi connectivity index (χ4n) is 5.91. The SMILES string of the molecule is COc1cc(C#N)cc(Cl)c1OCC(=O)NCC12CC3CC(CC(C3)C1)C2. The van der Waals surface area contributed by atoms with Crippen molar-refractivity contribution in [3.05, 3.63) is 22.7 Å². The molecule has 0 heterocycles. The third-order valence-corrected chi connectivity index (χ3v) is 6.81. The molecule has 5 nitrogen and oxygen atoms in total. The molecule has 4 bridgehead atoms. The molecule has 0 atom stereocenters. The summed E-state index contributed by atoms with van der Waals surface area (Å²) in [7, 11) is 1.48. The van der Waals surface area contributed by atoms with Gasteiger partial charge in [-0.3, -0.25) is 4.79 Å². The van der Waals surface area contributed by atoms with Gasteiger partial charge in [0, 0.05) is 12.6 Å². The number of ether oxygens (including phenoxy) is 2. The number of amides is 1. The predicted molar refractivity (Wildman–Crippen MR) is 102 cm³/mol. The molecule has 0 aromatic heterocycles. The van der Waals surface area contributed by atoms with Crippen molar-refractivity contribution in [2.24, 2.45) is 23.2 Å². The Hall–Kier alpha value is -1.93. The van der Waals surface area contributed by atoms with Gasteiger partial charge in [-0.1, -0.05) is 11.6 Å². The van der Waals surface area contributed by atoms with E-state index in [9.17, 15) is 4.79 Å². The standard InChI is InChI=1S/C21H25ClN2O3/c1-26-18-6-16(10-23)5-17(22)20(18)27-11-19(25)24-12-21-7-13-2-14(8-21)4-15(3-13)9-21/h5-6,13-15H,2-4,7-9,11-12H2,1H3,(H,24,25). The Morgan fingerprint density at radius 2 is 1.89 bits per heavy atom. The molecule has 6 heteroatoms. The fraction of sp³-hybridized carbons (Fsp3) is 0.619. The van der Waals surface area contributed by atoms with Gasteiger partial charge in [0.25, 0.3) is 5.91 Å². The van der Waals surface area contributed by atoms with Crippen LogP contribution in [0.4, 0.5) is 0 Å². The highest BCUT2D eigenvalue weighted by Crippen LogP contribution is 2.59. The van der Waals surface area contributed by atoms with Crippen LogP contribution in [0.2, 0.25) is 5.02 Å². The van der Waals surface area contributed by atoms with Crippen molar-refractivity contribution in [1.82, 2.24) is 5.32 Å². The number of methoxy groups -OCH3 is 1. The van der Waals surface area contributed by atoms with E-state index in [0.717, 1.165) is 24.3 Å². The Morgan fingerprint density at radius 1 is 1.26 bits per heavy atom. The second kappa shape index (κ2) is 7.24. The lowest BCUT2D eigenvalue weighted by Gasteiger charge is -2.56. The highest BCUT2D eigenvalue weighted by atomic mass is 35.5. The molecule has 4 saturated carbocycles. The third-order valence-electron chi connectivity index (χ3n) is 6.53. The molecule has 1 aromatic carbocycles. The average molecular weight is 389 g/mol. The van der Waals surface area contributed by atoms with Gasteiger partial charge in [-0.2, -0.15) is 5.26 Å². The van der Waals surface area contributed by atoms with Gasteiger partial charge in [0.05, 0.1) is 23.8 Å². The Bertz CT molecular complexity index is 751. The maximum atomic E-state index is 12.4. The molecule has 0 unspecified atom stereocenters. The van der Waals surface area contributed by atoms with Crippen molar-refractivity contribution >= 4 is 17.5 Å². The minimum Gasteiger partial charge on any atom is -0.493 e. The number of hydrogen-bond acceptors (Lipinski definition) is 4. The molecule has 0 spiro atoms. The zero-order valence-electron chi connectivity index (χ0n) is 15.6. The van der Waals surface area contributed by atoms with Gasteiger partial charge < -0.3 is 14.8 Å². The maximum absolute atomic E-state index is 12.4.